The number of unbranched alkanes of at least 4 members (excludes halogenated alkanes) is 10. The first kappa shape index (κ1) is 57.6. The highest BCUT2D eigenvalue weighted by molar-refractivity contribution is 7.00. The van der Waals surface area contributed by atoms with Crippen LogP contribution in [-0.2, 0) is 8.85 Å². The zero-order valence-electron chi connectivity index (χ0n) is 43.1. The van der Waals surface area contributed by atoms with Crippen LogP contribution in [0.2, 0.25) is 10.1 Å². The van der Waals surface area contributed by atoms with Crippen LogP contribution < -0.4 is 31.4 Å². The van der Waals surface area contributed by atoms with Gasteiger partial charge in [0.1, 0.15) is 0 Å². The molecule has 0 atom stereocenters. The van der Waals surface area contributed by atoms with Gasteiger partial charge < -0.3 is 19.5 Å². The van der Waals surface area contributed by atoms with Crippen LogP contribution in [0.4, 0.5) is 4.79 Å². The molecule has 0 radical (unpaired) electrons. The summed E-state index contributed by atoms with van der Waals surface area (Å²) in [5.74, 6) is 0. The lowest BCUT2D eigenvalue weighted by molar-refractivity contribution is 0.240. The average molecular weight is 959 g/mol. The van der Waals surface area contributed by atoms with E-state index in [0.717, 1.165) is 110 Å². The summed E-state index contributed by atoms with van der Waals surface area (Å²) in [6.07, 6.45) is 25.3. The lowest BCUT2D eigenvalue weighted by Gasteiger charge is -2.43. The summed E-state index contributed by atoms with van der Waals surface area (Å²) >= 11 is 0. The summed E-state index contributed by atoms with van der Waals surface area (Å²) in [7, 11) is -4.81. The molecule has 8 nitrogen and oxygen atoms in total. The molecule has 0 saturated carbocycles. The van der Waals surface area contributed by atoms with Crippen LogP contribution >= 0.6 is 0 Å². The first-order chi connectivity index (χ1) is 32.9. The highest BCUT2D eigenvalue weighted by Crippen LogP contribution is 2.38. The molecule has 10 heteroatoms. The van der Waals surface area contributed by atoms with Crippen molar-refractivity contribution in [3.05, 3.63) is 156 Å². The van der Waals surface area contributed by atoms with Gasteiger partial charge in [0.05, 0.1) is 0 Å². The maximum Gasteiger partial charge on any atom is 0.314 e. The van der Waals surface area contributed by atoms with Crippen LogP contribution in [0, 0.1) is 0 Å². The van der Waals surface area contributed by atoms with E-state index in [1.165, 1.54) is 33.6 Å². The van der Waals surface area contributed by atoms with Gasteiger partial charge in [0.2, 0.25) is 0 Å². The summed E-state index contributed by atoms with van der Waals surface area (Å²) in [4.78, 5) is 14.5. The lowest BCUT2D eigenvalue weighted by atomic mass is 10.2. The van der Waals surface area contributed by atoms with Crippen LogP contribution in [0.25, 0.3) is 10.4 Å². The van der Waals surface area contributed by atoms with Gasteiger partial charge in [-0.05, 0) is 120 Å². The molecular weight excluding hydrogens is 871 g/mol. The van der Waals surface area contributed by atoms with Crippen LogP contribution in [0.3, 0.4) is 0 Å². The predicted molar refractivity (Wildman–Crippen MR) is 296 cm³/mol. The van der Waals surface area contributed by atoms with Crippen molar-refractivity contribution >= 4 is 43.4 Å². The van der Waals surface area contributed by atoms with Gasteiger partial charge in [-0.15, -0.1) is 0 Å². The molecule has 0 aliphatic heterocycles. The Morgan fingerprint density at radius 1 is 0.515 bits per heavy atom. The van der Waals surface area contributed by atoms with Crippen molar-refractivity contribution in [2.75, 3.05) is 32.8 Å². The Labute approximate surface area is 414 Å². The van der Waals surface area contributed by atoms with Gasteiger partial charge in [-0.2, -0.15) is 0 Å². The molecule has 370 valence electrons. The Bertz CT molecular complexity index is 1930. The van der Waals surface area contributed by atoms with Gasteiger partial charge >= 0.3 is 6.03 Å². The molecule has 68 heavy (non-hydrogen) atoms. The first-order valence-corrected chi connectivity index (χ1v) is 29.6. The van der Waals surface area contributed by atoms with Crippen molar-refractivity contribution in [3.8, 4) is 0 Å². The molecule has 0 fully saturated rings. The highest BCUT2D eigenvalue weighted by atomic mass is 28.4. The Morgan fingerprint density at radius 3 is 1.16 bits per heavy atom. The van der Waals surface area contributed by atoms with Crippen molar-refractivity contribution in [2.45, 2.75) is 155 Å². The third kappa shape index (κ3) is 19.7. The van der Waals surface area contributed by atoms with E-state index < -0.39 is 16.6 Å². The second-order valence-corrected chi connectivity index (χ2v) is 28.4. The molecule has 4 rings (SSSR count). The minimum Gasteiger partial charge on any atom is -0.407 e. The van der Waals surface area contributed by atoms with Gasteiger partial charge in [-0.1, -0.05) is 212 Å². The quantitative estimate of drug-likeness (QED) is 0.0136. The van der Waals surface area contributed by atoms with Gasteiger partial charge in [-0.25, -0.2) is 4.79 Å². The second kappa shape index (κ2) is 32.9. The third-order valence-electron chi connectivity index (χ3n) is 12.4. The maximum absolute atomic E-state index is 11.7. The molecule has 0 aliphatic rings. The Hall–Kier alpha value is -4.71. The number of amides is 2. The summed E-state index contributed by atoms with van der Waals surface area (Å²) < 4.78 is 13.9. The molecule has 2 amide bonds. The zero-order chi connectivity index (χ0) is 49.2. The van der Waals surface area contributed by atoms with Crippen molar-refractivity contribution in [2.24, 2.45) is 5.11 Å². The smallest absolute Gasteiger partial charge is 0.314 e. The normalized spacial score (nSPS) is 12.1. The standard InChI is InChI=1S/C32H50N2O2Si.C26H37N3OSi/c1-5-6-19-26-33-31(35)34-27-20-11-9-7-8-10-12-21-28-36-37(32(2,3)4,29-22-15-13-16-23-29)30-24-17-14-18-25-30;1-26(2,3)31(24-18-12-10-13-19-24,25-20-14-11-15-21-25)30-23-17-9-7-5-4-6-8-16-22-28-29-27/h7-8,13-18,22-25H,5-6,9-12,19-21,26-28H2,1-4H3,(H2,33,34,35);4-5,10-15,18-21H,6-9,16-17,22-23H2,1-3H3/b8-7-;5-4-. The maximum atomic E-state index is 11.7. The van der Waals surface area contributed by atoms with Gasteiger partial charge in [0.25, 0.3) is 16.6 Å². The van der Waals surface area contributed by atoms with Crippen LogP contribution in [0.15, 0.2) is 151 Å². The summed E-state index contributed by atoms with van der Waals surface area (Å²) in [6, 6.07) is 43.4. The number of benzene rings is 4. The van der Waals surface area contributed by atoms with E-state index in [-0.39, 0.29) is 16.1 Å². The number of allylic oxidation sites excluding steroid dienone is 4. The fraction of sp³-hybridized carbons (Fsp3) is 0.500. The number of carbonyl (C=O) groups is 1. The van der Waals surface area contributed by atoms with E-state index >= 15 is 0 Å². The first-order valence-electron chi connectivity index (χ1n) is 25.8. The zero-order valence-corrected chi connectivity index (χ0v) is 45.1. The largest absolute Gasteiger partial charge is 0.407 e. The topological polar surface area (TPSA) is 108 Å². The molecule has 2 N–H and O–H groups in total. The predicted octanol–water partition coefficient (Wildman–Crippen LogP) is 13.7. The number of azide groups is 1. The number of rotatable bonds is 30. The van der Waals surface area contributed by atoms with Crippen molar-refractivity contribution in [1.29, 1.82) is 0 Å². The van der Waals surface area contributed by atoms with Gasteiger partial charge in [-0.3, -0.25) is 0 Å². The third-order valence-corrected chi connectivity index (χ3v) is 22.5. The summed E-state index contributed by atoms with van der Waals surface area (Å²) in [5.41, 5.74) is 8.27. The Morgan fingerprint density at radius 2 is 0.838 bits per heavy atom. The molecule has 0 bridgehead atoms. The van der Waals surface area contributed by atoms with Crippen LogP contribution in [-0.4, -0.2) is 55.5 Å². The van der Waals surface area contributed by atoms with Gasteiger partial charge in [0, 0.05) is 37.8 Å². The monoisotopic (exact) mass is 958 g/mol. The fourth-order valence-electron chi connectivity index (χ4n) is 8.89. The fourth-order valence-corrected chi connectivity index (χ4v) is 18.1. The summed E-state index contributed by atoms with van der Waals surface area (Å²) in [5, 5.41) is 14.9. The molecule has 0 unspecified atom stereocenters. The number of nitrogens with one attached hydrogen (secondary N) is 2. The minimum absolute atomic E-state index is 0.0280. The second-order valence-electron chi connectivity index (χ2n) is 19.8. The van der Waals surface area contributed by atoms with Crippen molar-refractivity contribution < 1.29 is 13.6 Å². The molecule has 0 aromatic heterocycles. The van der Waals surface area contributed by atoms with Gasteiger partial charge in [0.15, 0.2) is 0 Å². The molecule has 4 aromatic carbocycles. The number of hydrogen-bond acceptors (Lipinski definition) is 4. The molecule has 0 aliphatic carbocycles. The van der Waals surface area contributed by atoms with E-state index in [9.17, 15) is 4.79 Å². The number of nitrogens with zero attached hydrogens (tertiary/aromatic N) is 3. The SMILES string of the molecule is CC(C)(C)[Si](OCCCC/C=C\CCCCN=[N+]=[N-])(c1ccccc1)c1ccccc1.CCCCCNC(=O)NCCCC/C=C\CCCCO[Si](c1ccccc1)(c1ccccc1)C(C)(C)C. The molecule has 0 spiro atoms. The average Bonchev–Trinajstić information content (AvgIpc) is 3.34. The number of carbonyl (C=O) groups excluding carboxylic acids is 1. The highest BCUT2D eigenvalue weighted by Gasteiger charge is 2.51. The van der Waals surface area contributed by atoms with Crippen LogP contribution in [0.1, 0.15) is 145 Å². The summed E-state index contributed by atoms with van der Waals surface area (Å²) in [6.45, 7) is 19.8. The van der Waals surface area contributed by atoms with Crippen LogP contribution in [0.5, 0.6) is 0 Å². The molecule has 0 saturated heterocycles. The van der Waals surface area contributed by atoms with E-state index in [1.807, 2.05) is 0 Å². The Kier molecular flexibility index (Phi) is 27.9. The Balaban J connectivity index is 0.000000366. The van der Waals surface area contributed by atoms with Crippen molar-refractivity contribution in [3.63, 3.8) is 0 Å². The lowest BCUT2D eigenvalue weighted by Crippen LogP contribution is -2.66. The molecule has 0 heterocycles. The number of hydrogen-bond donors (Lipinski definition) is 2. The molecule has 4 aromatic rings. The van der Waals surface area contributed by atoms with E-state index in [1.54, 1.807) is 0 Å². The van der Waals surface area contributed by atoms with E-state index in [0.29, 0.717) is 6.54 Å². The van der Waals surface area contributed by atoms with E-state index in [4.69, 9.17) is 14.4 Å². The minimum atomic E-state index is -2.42. The molecular formula is C58H87N5O3Si2. The number of urea groups is 1. The van der Waals surface area contributed by atoms with E-state index in [2.05, 4.69) is 215 Å². The van der Waals surface area contributed by atoms with Crippen molar-refractivity contribution in [1.82, 2.24) is 10.6 Å².